The third-order valence-electron chi connectivity index (χ3n) is 7.42. The molecule has 0 aliphatic heterocycles. The summed E-state index contributed by atoms with van der Waals surface area (Å²) in [6.45, 7) is 3.21. The van der Waals surface area contributed by atoms with Crippen LogP contribution in [0.1, 0.15) is 69.4 Å². The number of nitrogens with zero attached hydrogens (tertiary/aromatic N) is 2. The van der Waals surface area contributed by atoms with Crippen LogP contribution in [0.5, 0.6) is 0 Å². The van der Waals surface area contributed by atoms with E-state index in [9.17, 15) is 9.65 Å². The average molecular weight is 421 g/mol. The van der Waals surface area contributed by atoms with Gasteiger partial charge in [-0.3, -0.25) is 0 Å². The third-order valence-corrected chi connectivity index (χ3v) is 7.42. The molecular weight excluding hydrogens is 383 g/mol. The van der Waals surface area contributed by atoms with E-state index in [4.69, 9.17) is 0 Å². The first-order valence-corrected chi connectivity index (χ1v) is 12.0. The molecule has 0 radical (unpaired) electrons. The number of likely N-dealkylation sites (N-methyl/N-ethyl adjacent to an activating group) is 1. The molecule has 0 heterocycles. The minimum Gasteiger partial charge on any atom is -0.303 e. The number of benzene rings is 2. The molecule has 3 heteroatoms. The molecule has 2 aromatic rings. The molecule has 0 spiro atoms. The van der Waals surface area contributed by atoms with Gasteiger partial charge in [-0.05, 0) is 63.1 Å². The lowest BCUT2D eigenvalue weighted by Gasteiger charge is -2.40. The van der Waals surface area contributed by atoms with Gasteiger partial charge in [0.15, 0.2) is 0 Å². The lowest BCUT2D eigenvalue weighted by atomic mass is 9.63. The van der Waals surface area contributed by atoms with Crippen LogP contribution in [0, 0.1) is 23.1 Å². The molecule has 2 atom stereocenters. The quantitative estimate of drug-likeness (QED) is 0.418. The van der Waals surface area contributed by atoms with Crippen LogP contribution < -0.4 is 0 Å². The molecule has 1 aliphatic rings. The van der Waals surface area contributed by atoms with E-state index in [1.54, 1.807) is 6.07 Å². The summed E-state index contributed by atoms with van der Waals surface area (Å²) in [6, 6.07) is 20.6. The van der Waals surface area contributed by atoms with Crippen molar-refractivity contribution in [1.29, 1.82) is 5.26 Å². The number of rotatable bonds is 10. The Morgan fingerprint density at radius 2 is 1.74 bits per heavy atom. The molecule has 2 aromatic carbocycles. The normalized spacial score (nSPS) is 17.8. The van der Waals surface area contributed by atoms with Gasteiger partial charge >= 0.3 is 0 Å². The molecule has 2 nitrogen and oxygen atoms in total. The first-order chi connectivity index (χ1) is 15.1. The van der Waals surface area contributed by atoms with E-state index in [2.05, 4.69) is 55.3 Å². The maximum absolute atomic E-state index is 14.9. The molecule has 1 saturated carbocycles. The van der Waals surface area contributed by atoms with Crippen LogP contribution in [0.15, 0.2) is 54.6 Å². The molecule has 0 amide bonds. The van der Waals surface area contributed by atoms with Crippen molar-refractivity contribution in [2.75, 3.05) is 13.6 Å². The molecule has 1 aliphatic carbocycles. The van der Waals surface area contributed by atoms with Crippen molar-refractivity contribution in [1.82, 2.24) is 4.90 Å². The average Bonchev–Trinajstić information content (AvgIpc) is 2.82. The van der Waals surface area contributed by atoms with Crippen LogP contribution in [-0.4, -0.2) is 24.5 Å². The Bertz CT molecular complexity index is 838. The van der Waals surface area contributed by atoms with Crippen molar-refractivity contribution in [2.24, 2.45) is 5.92 Å². The SMILES string of the molecule is CCC(CCC(C#N)(c1ccccc1F)C1CCCCC1)N(C)CCc1ccccc1. The fourth-order valence-corrected chi connectivity index (χ4v) is 5.45. The summed E-state index contributed by atoms with van der Waals surface area (Å²) in [7, 11) is 2.19. The molecule has 0 saturated heterocycles. The minimum atomic E-state index is -0.723. The van der Waals surface area contributed by atoms with Gasteiger partial charge in [-0.15, -0.1) is 0 Å². The zero-order valence-electron chi connectivity index (χ0n) is 19.2. The van der Waals surface area contributed by atoms with E-state index >= 15 is 0 Å². The van der Waals surface area contributed by atoms with Gasteiger partial charge in [0, 0.05) is 18.2 Å². The molecule has 2 unspecified atom stereocenters. The molecule has 0 aromatic heterocycles. The molecule has 166 valence electrons. The van der Waals surface area contributed by atoms with E-state index in [1.807, 2.05) is 12.1 Å². The van der Waals surface area contributed by atoms with Crippen molar-refractivity contribution in [3.8, 4) is 6.07 Å². The van der Waals surface area contributed by atoms with Gasteiger partial charge in [-0.2, -0.15) is 5.26 Å². The van der Waals surface area contributed by atoms with Crippen LogP contribution in [0.3, 0.4) is 0 Å². The Morgan fingerprint density at radius 3 is 2.39 bits per heavy atom. The second-order valence-electron chi connectivity index (χ2n) is 9.21. The maximum atomic E-state index is 14.9. The summed E-state index contributed by atoms with van der Waals surface area (Å²) < 4.78 is 14.9. The predicted molar refractivity (Wildman–Crippen MR) is 126 cm³/mol. The first-order valence-electron chi connectivity index (χ1n) is 12.0. The van der Waals surface area contributed by atoms with Gasteiger partial charge in [0.25, 0.3) is 0 Å². The molecule has 1 fully saturated rings. The lowest BCUT2D eigenvalue weighted by Crippen LogP contribution is -2.39. The highest BCUT2D eigenvalue weighted by Gasteiger charge is 2.43. The molecule has 0 bridgehead atoms. The van der Waals surface area contributed by atoms with Crippen LogP contribution in [0.25, 0.3) is 0 Å². The Morgan fingerprint density at radius 1 is 1.06 bits per heavy atom. The molecule has 3 rings (SSSR count). The minimum absolute atomic E-state index is 0.222. The van der Waals surface area contributed by atoms with E-state index in [1.165, 1.54) is 18.1 Å². The van der Waals surface area contributed by atoms with Crippen molar-refractivity contribution in [3.63, 3.8) is 0 Å². The number of nitriles is 1. The summed E-state index contributed by atoms with van der Waals surface area (Å²) in [6.07, 6.45) is 9.29. The van der Waals surface area contributed by atoms with E-state index in [0.29, 0.717) is 11.6 Å². The van der Waals surface area contributed by atoms with Crippen molar-refractivity contribution < 1.29 is 4.39 Å². The summed E-state index contributed by atoms with van der Waals surface area (Å²) in [4.78, 5) is 2.43. The summed E-state index contributed by atoms with van der Waals surface area (Å²) in [5.41, 5.74) is 1.25. The smallest absolute Gasteiger partial charge is 0.128 e. The number of halogens is 1. The second kappa shape index (κ2) is 11.4. The maximum Gasteiger partial charge on any atom is 0.128 e. The van der Waals surface area contributed by atoms with Crippen molar-refractivity contribution in [3.05, 3.63) is 71.5 Å². The zero-order chi connectivity index (χ0) is 22.1. The summed E-state index contributed by atoms with van der Waals surface area (Å²) >= 11 is 0. The number of hydrogen-bond donors (Lipinski definition) is 0. The van der Waals surface area contributed by atoms with Gasteiger partial charge in [0.05, 0.1) is 11.5 Å². The highest BCUT2D eigenvalue weighted by atomic mass is 19.1. The van der Waals surface area contributed by atoms with Crippen LogP contribution in [0.2, 0.25) is 0 Å². The van der Waals surface area contributed by atoms with E-state index < -0.39 is 5.41 Å². The molecule has 31 heavy (non-hydrogen) atoms. The monoisotopic (exact) mass is 420 g/mol. The van der Waals surface area contributed by atoms with Gasteiger partial charge in [0.1, 0.15) is 5.82 Å². The Hall–Kier alpha value is -2.18. The van der Waals surface area contributed by atoms with Gasteiger partial charge in [-0.25, -0.2) is 4.39 Å². The Kier molecular flexibility index (Phi) is 8.67. The summed E-state index contributed by atoms with van der Waals surface area (Å²) in [5, 5.41) is 10.5. The van der Waals surface area contributed by atoms with Crippen LogP contribution in [-0.2, 0) is 11.8 Å². The zero-order valence-corrected chi connectivity index (χ0v) is 19.2. The van der Waals surface area contributed by atoms with Gasteiger partial charge in [0.2, 0.25) is 0 Å². The Labute approximate surface area is 188 Å². The van der Waals surface area contributed by atoms with E-state index in [0.717, 1.165) is 57.9 Å². The highest BCUT2D eigenvalue weighted by molar-refractivity contribution is 5.35. The van der Waals surface area contributed by atoms with Crippen LogP contribution in [0.4, 0.5) is 4.39 Å². The predicted octanol–water partition coefficient (Wildman–Crippen LogP) is 6.90. The fourth-order valence-electron chi connectivity index (χ4n) is 5.45. The topological polar surface area (TPSA) is 27.0 Å². The molecular formula is C28H37FN2. The highest BCUT2D eigenvalue weighted by Crippen LogP contribution is 2.45. The largest absolute Gasteiger partial charge is 0.303 e. The van der Waals surface area contributed by atoms with Crippen LogP contribution >= 0.6 is 0 Å². The number of hydrogen-bond acceptors (Lipinski definition) is 2. The van der Waals surface area contributed by atoms with Gasteiger partial charge < -0.3 is 4.90 Å². The van der Waals surface area contributed by atoms with E-state index in [-0.39, 0.29) is 11.7 Å². The Balaban J connectivity index is 1.75. The molecule has 0 N–H and O–H groups in total. The van der Waals surface area contributed by atoms with Crippen molar-refractivity contribution in [2.45, 2.75) is 76.2 Å². The van der Waals surface area contributed by atoms with Gasteiger partial charge in [-0.1, -0.05) is 74.7 Å². The van der Waals surface area contributed by atoms with Crippen molar-refractivity contribution >= 4 is 0 Å². The first kappa shape index (κ1) is 23.5. The standard InChI is InChI=1S/C28H37FN2/c1-3-25(31(2)21-19-23-12-6-4-7-13-23)18-20-28(22-30,24-14-8-5-9-15-24)26-16-10-11-17-27(26)29/h4,6-7,10-13,16-17,24-25H,3,5,8-9,14-15,18-21H2,1-2H3. The second-order valence-corrected chi connectivity index (χ2v) is 9.21. The fraction of sp³-hybridized carbons (Fsp3) is 0.536. The lowest BCUT2D eigenvalue weighted by molar-refractivity contribution is 0.183. The third kappa shape index (κ3) is 5.74. The summed E-state index contributed by atoms with van der Waals surface area (Å²) in [5.74, 6) is 0.0235.